The Morgan fingerprint density at radius 3 is 2.80 bits per heavy atom. The summed E-state index contributed by atoms with van der Waals surface area (Å²) in [5.74, 6) is 6.51. The van der Waals surface area contributed by atoms with E-state index in [9.17, 15) is 0 Å². The van der Waals surface area contributed by atoms with E-state index in [0.717, 1.165) is 12.8 Å². The van der Waals surface area contributed by atoms with E-state index < -0.39 is 0 Å². The van der Waals surface area contributed by atoms with Gasteiger partial charge >= 0.3 is 0 Å². The summed E-state index contributed by atoms with van der Waals surface area (Å²) >= 11 is 0. The molecule has 0 spiro atoms. The van der Waals surface area contributed by atoms with Gasteiger partial charge in [0.1, 0.15) is 6.10 Å². The molecule has 1 aliphatic rings. The fourth-order valence-electron chi connectivity index (χ4n) is 0.787. The van der Waals surface area contributed by atoms with Crippen LogP contribution in [0.25, 0.3) is 0 Å². The molecule has 1 fully saturated rings. The first-order valence-electron chi connectivity index (χ1n) is 4.02. The molecule has 0 heterocycles. The molecule has 0 aromatic carbocycles. The Morgan fingerprint density at radius 2 is 2.30 bits per heavy atom. The monoisotopic (exact) mass is 138 g/mol. The molecule has 1 rings (SSSR count). The van der Waals surface area contributed by atoms with Gasteiger partial charge in [-0.1, -0.05) is 25.2 Å². The molecule has 1 heteroatoms. The number of rotatable bonds is 2. The Morgan fingerprint density at radius 1 is 1.60 bits per heavy atom. The lowest BCUT2D eigenvalue weighted by Gasteiger charge is -1.96. The zero-order valence-electron chi connectivity index (χ0n) is 6.43. The average molecular weight is 138 g/mol. The summed E-state index contributed by atoms with van der Waals surface area (Å²) in [5.41, 5.74) is 0. The normalized spacial score (nSPS) is 19.4. The van der Waals surface area contributed by atoms with Gasteiger partial charge < -0.3 is 5.11 Å². The van der Waals surface area contributed by atoms with E-state index in [0.29, 0.717) is 5.92 Å². The molecule has 1 aliphatic carbocycles. The van der Waals surface area contributed by atoms with Gasteiger partial charge in [0.15, 0.2) is 0 Å². The largest absolute Gasteiger partial charge is 0.380 e. The molecule has 0 bridgehead atoms. The smallest absolute Gasteiger partial charge is 0.114 e. The Kier molecular flexibility index (Phi) is 2.77. The molecule has 0 amide bonds. The SMILES string of the molecule is CCCC(O)C#CC1CC1. The van der Waals surface area contributed by atoms with E-state index >= 15 is 0 Å². The second-order valence-electron chi connectivity index (χ2n) is 2.87. The number of hydrogen-bond donors (Lipinski definition) is 1. The lowest BCUT2D eigenvalue weighted by Crippen LogP contribution is -2.00. The van der Waals surface area contributed by atoms with E-state index in [1.54, 1.807) is 0 Å². The third-order valence-corrected chi connectivity index (χ3v) is 1.59. The highest BCUT2D eigenvalue weighted by atomic mass is 16.3. The highest BCUT2D eigenvalue weighted by molar-refractivity contribution is 5.12. The van der Waals surface area contributed by atoms with Gasteiger partial charge in [-0.05, 0) is 19.3 Å². The fourth-order valence-corrected chi connectivity index (χ4v) is 0.787. The van der Waals surface area contributed by atoms with E-state index in [-0.39, 0.29) is 6.10 Å². The Bertz CT molecular complexity index is 148. The lowest BCUT2D eigenvalue weighted by molar-refractivity contribution is 0.221. The zero-order chi connectivity index (χ0) is 7.40. The first kappa shape index (κ1) is 7.63. The zero-order valence-corrected chi connectivity index (χ0v) is 6.43. The van der Waals surface area contributed by atoms with Crippen molar-refractivity contribution in [3.05, 3.63) is 0 Å². The van der Waals surface area contributed by atoms with Crippen molar-refractivity contribution < 1.29 is 5.11 Å². The molecule has 0 saturated heterocycles. The molecular weight excluding hydrogens is 124 g/mol. The minimum absolute atomic E-state index is 0.370. The second kappa shape index (κ2) is 3.63. The van der Waals surface area contributed by atoms with Crippen LogP contribution in [0.5, 0.6) is 0 Å². The molecule has 1 unspecified atom stereocenters. The van der Waals surface area contributed by atoms with Crippen LogP contribution in [0, 0.1) is 17.8 Å². The van der Waals surface area contributed by atoms with E-state index in [2.05, 4.69) is 18.8 Å². The standard InChI is InChI=1S/C9H14O/c1-2-3-9(10)7-6-8-4-5-8/h8-10H,2-5H2,1H3. The third kappa shape index (κ3) is 2.89. The first-order valence-corrected chi connectivity index (χ1v) is 4.02. The first-order chi connectivity index (χ1) is 4.83. The van der Waals surface area contributed by atoms with Gasteiger partial charge in [-0.15, -0.1) is 0 Å². The van der Waals surface area contributed by atoms with Crippen molar-refractivity contribution >= 4 is 0 Å². The van der Waals surface area contributed by atoms with Crippen LogP contribution in [0.15, 0.2) is 0 Å². The fraction of sp³-hybridized carbons (Fsp3) is 0.778. The predicted octanol–water partition coefficient (Wildman–Crippen LogP) is 1.56. The molecule has 56 valence electrons. The minimum atomic E-state index is -0.370. The quantitative estimate of drug-likeness (QED) is 0.574. The van der Waals surface area contributed by atoms with Crippen molar-refractivity contribution in [2.75, 3.05) is 0 Å². The van der Waals surface area contributed by atoms with Crippen LogP contribution >= 0.6 is 0 Å². The summed E-state index contributed by atoms with van der Waals surface area (Å²) in [7, 11) is 0. The molecule has 0 radical (unpaired) electrons. The Hall–Kier alpha value is -0.480. The molecular formula is C9H14O. The third-order valence-electron chi connectivity index (χ3n) is 1.59. The molecule has 1 atom stereocenters. The van der Waals surface area contributed by atoms with Crippen molar-refractivity contribution in [1.82, 2.24) is 0 Å². The van der Waals surface area contributed by atoms with Crippen LogP contribution in [0.1, 0.15) is 32.6 Å². The summed E-state index contributed by atoms with van der Waals surface area (Å²) in [5, 5.41) is 9.15. The van der Waals surface area contributed by atoms with Crippen LogP contribution in [0.4, 0.5) is 0 Å². The van der Waals surface area contributed by atoms with E-state index in [1.807, 2.05) is 0 Å². The van der Waals surface area contributed by atoms with Crippen molar-refractivity contribution in [3.63, 3.8) is 0 Å². The van der Waals surface area contributed by atoms with E-state index in [4.69, 9.17) is 5.11 Å². The van der Waals surface area contributed by atoms with Crippen molar-refractivity contribution in [1.29, 1.82) is 0 Å². The predicted molar refractivity (Wildman–Crippen MR) is 41.4 cm³/mol. The maximum absolute atomic E-state index is 9.15. The molecule has 0 aromatic heterocycles. The van der Waals surface area contributed by atoms with Crippen molar-refractivity contribution in [2.24, 2.45) is 5.92 Å². The maximum Gasteiger partial charge on any atom is 0.114 e. The summed E-state index contributed by atoms with van der Waals surface area (Å²) in [4.78, 5) is 0. The van der Waals surface area contributed by atoms with Gasteiger partial charge in [-0.25, -0.2) is 0 Å². The van der Waals surface area contributed by atoms with Gasteiger partial charge in [0.2, 0.25) is 0 Å². The van der Waals surface area contributed by atoms with E-state index in [1.165, 1.54) is 12.8 Å². The van der Waals surface area contributed by atoms with Crippen molar-refractivity contribution in [2.45, 2.75) is 38.7 Å². The average Bonchev–Trinajstić information content (AvgIpc) is 2.67. The van der Waals surface area contributed by atoms with Crippen molar-refractivity contribution in [3.8, 4) is 11.8 Å². The van der Waals surface area contributed by atoms with Gasteiger partial charge in [0.25, 0.3) is 0 Å². The Balaban J connectivity index is 2.16. The van der Waals surface area contributed by atoms with Gasteiger partial charge in [0, 0.05) is 5.92 Å². The number of aliphatic hydroxyl groups is 1. The van der Waals surface area contributed by atoms with Crippen LogP contribution in [-0.2, 0) is 0 Å². The maximum atomic E-state index is 9.15. The minimum Gasteiger partial charge on any atom is -0.380 e. The summed E-state index contributed by atoms with van der Waals surface area (Å²) in [6.07, 6.45) is 3.95. The highest BCUT2D eigenvalue weighted by Crippen LogP contribution is 2.27. The van der Waals surface area contributed by atoms with Crippen LogP contribution < -0.4 is 0 Å². The lowest BCUT2D eigenvalue weighted by atomic mass is 10.2. The summed E-state index contributed by atoms with van der Waals surface area (Å²) in [6, 6.07) is 0. The highest BCUT2D eigenvalue weighted by Gasteiger charge is 2.17. The van der Waals surface area contributed by atoms with Gasteiger partial charge in [-0.2, -0.15) is 0 Å². The second-order valence-corrected chi connectivity index (χ2v) is 2.87. The van der Waals surface area contributed by atoms with Gasteiger partial charge in [-0.3, -0.25) is 0 Å². The molecule has 1 N–H and O–H groups in total. The number of aliphatic hydroxyl groups excluding tert-OH is 1. The number of hydrogen-bond acceptors (Lipinski definition) is 1. The topological polar surface area (TPSA) is 20.2 Å². The summed E-state index contributed by atoms with van der Waals surface area (Å²) in [6.45, 7) is 2.06. The molecule has 1 saturated carbocycles. The molecule has 0 aliphatic heterocycles. The van der Waals surface area contributed by atoms with Crippen LogP contribution in [0.3, 0.4) is 0 Å². The molecule has 0 aromatic rings. The summed E-state index contributed by atoms with van der Waals surface area (Å²) < 4.78 is 0. The van der Waals surface area contributed by atoms with Crippen LogP contribution in [-0.4, -0.2) is 11.2 Å². The molecule has 1 nitrogen and oxygen atoms in total. The Labute approximate surface area is 62.4 Å². The molecule has 10 heavy (non-hydrogen) atoms. The van der Waals surface area contributed by atoms with Crippen LogP contribution in [0.2, 0.25) is 0 Å². The van der Waals surface area contributed by atoms with Gasteiger partial charge in [0.05, 0.1) is 0 Å².